The lowest BCUT2D eigenvalue weighted by Gasteiger charge is -2.30. The van der Waals surface area contributed by atoms with E-state index in [1.807, 2.05) is 91.0 Å². The second-order valence-corrected chi connectivity index (χ2v) is 18.0. The van der Waals surface area contributed by atoms with Crippen molar-refractivity contribution >= 4 is 18.0 Å². The monoisotopic (exact) mass is 876 g/mol. The Balaban J connectivity index is 1.08. The van der Waals surface area contributed by atoms with E-state index in [-0.39, 0.29) is 18.7 Å². The normalized spacial score (nSPS) is 19.4. The first-order valence-electron chi connectivity index (χ1n) is 22.7. The summed E-state index contributed by atoms with van der Waals surface area (Å²) in [4.78, 5) is 46.3. The molecule has 2 fully saturated rings. The Morgan fingerprint density at radius 2 is 1.39 bits per heavy atom. The van der Waals surface area contributed by atoms with E-state index in [9.17, 15) is 19.5 Å². The lowest BCUT2D eigenvalue weighted by atomic mass is 9.88. The maximum atomic E-state index is 14.8. The van der Waals surface area contributed by atoms with Gasteiger partial charge in [-0.25, -0.2) is 9.59 Å². The quantitative estimate of drug-likeness (QED) is 0.103. The summed E-state index contributed by atoms with van der Waals surface area (Å²) in [6.07, 6.45) is -1.40. The molecule has 3 N–H and O–H groups in total. The average molecular weight is 877 g/mol. The molecule has 1 aliphatic carbocycles. The van der Waals surface area contributed by atoms with E-state index >= 15 is 0 Å². The van der Waals surface area contributed by atoms with E-state index in [0.717, 1.165) is 86.0 Å². The van der Waals surface area contributed by atoms with Crippen molar-refractivity contribution in [3.05, 3.63) is 137 Å². The van der Waals surface area contributed by atoms with Crippen LogP contribution in [0.1, 0.15) is 71.4 Å². The number of esters is 1. The molecule has 13 heteroatoms. The Bertz CT molecular complexity index is 2100. The summed E-state index contributed by atoms with van der Waals surface area (Å²) in [6, 6.07) is 31.2. The van der Waals surface area contributed by atoms with E-state index in [0.29, 0.717) is 38.2 Å². The largest absolute Gasteiger partial charge is 0.492 e. The summed E-state index contributed by atoms with van der Waals surface area (Å²) in [5, 5.41) is 18.2. The number of fused-ring (bicyclic) bond motifs is 1. The summed E-state index contributed by atoms with van der Waals surface area (Å²) in [5.74, 6) is -0.798. The van der Waals surface area contributed by atoms with Crippen LogP contribution >= 0.6 is 0 Å². The van der Waals surface area contributed by atoms with Gasteiger partial charge in [0.2, 0.25) is 5.91 Å². The van der Waals surface area contributed by atoms with Gasteiger partial charge in [-0.2, -0.15) is 0 Å². The van der Waals surface area contributed by atoms with Crippen molar-refractivity contribution in [2.24, 2.45) is 5.92 Å². The van der Waals surface area contributed by atoms with Crippen LogP contribution < -0.4 is 15.4 Å². The van der Waals surface area contributed by atoms with Gasteiger partial charge in [-0.05, 0) is 92.1 Å². The number of aliphatic hydroxyl groups is 1. The number of benzene rings is 4. The summed E-state index contributed by atoms with van der Waals surface area (Å²) in [6.45, 7) is 13.9. The molecule has 0 bridgehead atoms. The lowest BCUT2D eigenvalue weighted by molar-refractivity contribution is -0.127. The third kappa shape index (κ3) is 13.8. The number of aliphatic hydroxyl groups excluding tert-OH is 1. The molecule has 13 nitrogen and oxygen atoms in total. The maximum absolute atomic E-state index is 14.8. The van der Waals surface area contributed by atoms with Crippen LogP contribution in [-0.2, 0) is 49.5 Å². The molecule has 2 saturated heterocycles. The van der Waals surface area contributed by atoms with Gasteiger partial charge in [0.05, 0.1) is 50.2 Å². The number of carbonyl (C=O) groups excluding carboxylic acids is 3. The molecule has 342 valence electrons. The van der Waals surface area contributed by atoms with Gasteiger partial charge in [0.1, 0.15) is 24.1 Å². The van der Waals surface area contributed by atoms with Crippen molar-refractivity contribution in [1.82, 2.24) is 20.4 Å². The van der Waals surface area contributed by atoms with Crippen LogP contribution in [0.4, 0.5) is 4.79 Å². The molecule has 0 aromatic heterocycles. The minimum Gasteiger partial charge on any atom is -0.492 e. The Labute approximate surface area is 377 Å². The van der Waals surface area contributed by atoms with Crippen molar-refractivity contribution in [3.63, 3.8) is 0 Å². The Kier molecular flexibility index (Phi) is 16.4. The molecular weight excluding hydrogens is 813 g/mol. The summed E-state index contributed by atoms with van der Waals surface area (Å²) >= 11 is 0. The second kappa shape index (κ2) is 22.5. The van der Waals surface area contributed by atoms with E-state index in [2.05, 4.69) is 20.4 Å². The molecule has 2 heterocycles. The van der Waals surface area contributed by atoms with Crippen molar-refractivity contribution in [2.45, 2.75) is 82.9 Å². The highest BCUT2D eigenvalue weighted by molar-refractivity contribution is 5.89. The fourth-order valence-electron chi connectivity index (χ4n) is 8.55. The van der Waals surface area contributed by atoms with Crippen LogP contribution in [0.25, 0.3) is 0 Å². The highest BCUT2D eigenvalue weighted by Crippen LogP contribution is 2.35. The van der Waals surface area contributed by atoms with Crippen molar-refractivity contribution in [1.29, 1.82) is 0 Å². The average Bonchev–Trinajstić information content (AvgIpc) is 3.63. The number of carbonyl (C=O) groups is 3. The number of hydrogen-bond donors (Lipinski definition) is 3. The first-order valence-corrected chi connectivity index (χ1v) is 22.7. The molecule has 3 aliphatic rings. The first kappa shape index (κ1) is 46.7. The predicted octanol–water partition coefficient (Wildman–Crippen LogP) is 5.91. The van der Waals surface area contributed by atoms with Crippen molar-refractivity contribution in [2.75, 3.05) is 65.8 Å². The fraction of sp³-hybridized carbons (Fsp3) is 0.471. The molecule has 4 aromatic carbocycles. The summed E-state index contributed by atoms with van der Waals surface area (Å²) in [7, 11) is 0. The third-order valence-corrected chi connectivity index (χ3v) is 12.0. The van der Waals surface area contributed by atoms with E-state index in [1.165, 1.54) is 0 Å². The topological polar surface area (TPSA) is 148 Å². The molecular formula is C51H64N4O9. The standard InChI is InChI=1S/C51H64N4O9/c1-51(2,3)64-50(59)52-44(32-36-9-5-4-6-10-36)45(56)33-41(31-37-15-19-42(20-16-37)62-30-25-54-21-26-60-27-22-54)48(57)53-47-43-12-8-7-11-40(43)34-46(47)63-49(58)39-17-13-38(14-18-39)35-55-23-28-61-29-24-55/h4-20,41,44-47,56H,21-35H2,1-3H3,(H,52,59)(H,53,57)/t41-,44+,45+,46-,47+/m1/s1. The Hall–Kier alpha value is -5.31. The lowest BCUT2D eigenvalue weighted by Crippen LogP contribution is -2.48. The zero-order chi connectivity index (χ0) is 44.9. The molecule has 0 spiro atoms. The number of nitrogens with zero attached hydrogens (tertiary/aromatic N) is 2. The van der Waals surface area contributed by atoms with Gasteiger partial charge in [-0.3, -0.25) is 14.6 Å². The molecule has 0 unspecified atom stereocenters. The molecule has 2 aliphatic heterocycles. The van der Waals surface area contributed by atoms with E-state index < -0.39 is 47.9 Å². The van der Waals surface area contributed by atoms with Crippen LogP contribution in [0.5, 0.6) is 5.75 Å². The second-order valence-electron chi connectivity index (χ2n) is 18.0. The zero-order valence-corrected chi connectivity index (χ0v) is 37.4. The third-order valence-electron chi connectivity index (χ3n) is 12.0. The predicted molar refractivity (Wildman–Crippen MR) is 243 cm³/mol. The minimum atomic E-state index is -1.14. The minimum absolute atomic E-state index is 0.0204. The summed E-state index contributed by atoms with van der Waals surface area (Å²) < 4.78 is 28.8. The van der Waals surface area contributed by atoms with Crippen molar-refractivity contribution in [3.8, 4) is 5.75 Å². The van der Waals surface area contributed by atoms with Crippen LogP contribution in [0.15, 0.2) is 103 Å². The molecule has 7 rings (SSSR count). The molecule has 0 radical (unpaired) electrons. The van der Waals surface area contributed by atoms with Crippen LogP contribution in [0, 0.1) is 5.92 Å². The van der Waals surface area contributed by atoms with Crippen LogP contribution in [0.3, 0.4) is 0 Å². The van der Waals surface area contributed by atoms with Gasteiger partial charge in [-0.15, -0.1) is 0 Å². The number of alkyl carbamates (subject to hydrolysis) is 1. The Morgan fingerprint density at radius 1 is 0.766 bits per heavy atom. The highest BCUT2D eigenvalue weighted by atomic mass is 16.6. The molecule has 0 saturated carbocycles. The number of morpholine rings is 2. The fourth-order valence-corrected chi connectivity index (χ4v) is 8.55. The zero-order valence-electron chi connectivity index (χ0n) is 37.4. The highest BCUT2D eigenvalue weighted by Gasteiger charge is 2.39. The van der Waals surface area contributed by atoms with Gasteiger partial charge in [0.15, 0.2) is 0 Å². The first-order chi connectivity index (χ1) is 31.0. The van der Waals surface area contributed by atoms with Crippen LogP contribution in [0.2, 0.25) is 0 Å². The van der Waals surface area contributed by atoms with Gasteiger partial charge < -0.3 is 39.4 Å². The number of ether oxygens (including phenoxy) is 5. The van der Waals surface area contributed by atoms with Gasteiger partial charge >= 0.3 is 12.1 Å². The maximum Gasteiger partial charge on any atom is 0.407 e. The summed E-state index contributed by atoms with van der Waals surface area (Å²) in [5.41, 5.74) is 4.42. The Morgan fingerprint density at radius 3 is 2.08 bits per heavy atom. The van der Waals surface area contributed by atoms with Crippen molar-refractivity contribution < 1.29 is 43.2 Å². The smallest absolute Gasteiger partial charge is 0.407 e. The number of rotatable bonds is 18. The van der Waals surface area contributed by atoms with E-state index in [4.69, 9.17) is 23.7 Å². The number of amides is 2. The number of hydrogen-bond acceptors (Lipinski definition) is 11. The van der Waals surface area contributed by atoms with Gasteiger partial charge in [-0.1, -0.05) is 78.9 Å². The van der Waals surface area contributed by atoms with Gasteiger partial charge in [0.25, 0.3) is 0 Å². The molecule has 64 heavy (non-hydrogen) atoms. The van der Waals surface area contributed by atoms with Gasteiger partial charge in [0, 0.05) is 51.6 Å². The number of nitrogens with one attached hydrogen (secondary N) is 2. The van der Waals surface area contributed by atoms with Crippen LogP contribution in [-0.4, -0.2) is 122 Å². The molecule has 4 aromatic rings. The molecule has 2 amide bonds. The van der Waals surface area contributed by atoms with E-state index in [1.54, 1.807) is 32.9 Å². The SMILES string of the molecule is CC(C)(C)OC(=O)N[C@@H](Cc1ccccc1)[C@@H](O)C[C@@H](Cc1ccc(OCCN2CCOCC2)cc1)C(=O)N[C@H]1c2ccccc2C[C@H]1OC(=O)c1ccc(CN2CCOCC2)cc1. The molecule has 5 atom stereocenters.